The van der Waals surface area contributed by atoms with Crippen LogP contribution in [0.25, 0.3) is 0 Å². The Labute approximate surface area is 139 Å². The van der Waals surface area contributed by atoms with Gasteiger partial charge in [0.05, 0.1) is 11.4 Å². The molecule has 3 N–H and O–H groups in total. The van der Waals surface area contributed by atoms with E-state index in [1.54, 1.807) is 6.08 Å². The first kappa shape index (κ1) is 16.7. The standard InChI is InChI=1S/C18H19N3.C2H6/c1-3-7-17(19)21-16-12-13(2)10-11-15(16)20-18(21)14-8-5-4-6-9-14;1-2/h3-12,18,20H,1,19H2,2H3;1-2H3/b17-7+;. The zero-order chi connectivity index (χ0) is 16.8. The summed E-state index contributed by atoms with van der Waals surface area (Å²) in [5.41, 5.74) is 10.8. The molecule has 0 saturated carbocycles. The number of rotatable bonds is 3. The molecule has 0 aliphatic carbocycles. The average molecular weight is 307 g/mol. The number of benzene rings is 2. The molecule has 0 spiro atoms. The van der Waals surface area contributed by atoms with E-state index in [1.807, 2.05) is 38.1 Å². The highest BCUT2D eigenvalue weighted by Gasteiger charge is 2.31. The van der Waals surface area contributed by atoms with Crippen LogP contribution in [0.15, 0.2) is 73.1 Å². The van der Waals surface area contributed by atoms with Crippen LogP contribution < -0.4 is 16.0 Å². The van der Waals surface area contributed by atoms with Gasteiger partial charge in [-0.1, -0.05) is 62.9 Å². The first-order valence-corrected chi connectivity index (χ1v) is 8.00. The van der Waals surface area contributed by atoms with Crippen molar-refractivity contribution in [3.8, 4) is 0 Å². The summed E-state index contributed by atoms with van der Waals surface area (Å²) < 4.78 is 0. The van der Waals surface area contributed by atoms with Crippen molar-refractivity contribution in [2.45, 2.75) is 26.9 Å². The number of allylic oxidation sites excluding steroid dienone is 2. The molecule has 3 nitrogen and oxygen atoms in total. The third kappa shape index (κ3) is 3.39. The number of nitrogens with zero attached hydrogens (tertiary/aromatic N) is 1. The lowest BCUT2D eigenvalue weighted by molar-refractivity contribution is 0.782. The first-order valence-electron chi connectivity index (χ1n) is 8.00. The lowest BCUT2D eigenvalue weighted by Crippen LogP contribution is -2.31. The second kappa shape index (κ2) is 7.54. The minimum absolute atomic E-state index is 0.000741. The summed E-state index contributed by atoms with van der Waals surface area (Å²) in [6.45, 7) is 9.82. The number of fused-ring (bicyclic) bond motifs is 1. The Morgan fingerprint density at radius 3 is 2.52 bits per heavy atom. The van der Waals surface area contributed by atoms with Crippen LogP contribution in [-0.4, -0.2) is 0 Å². The third-order valence-electron chi connectivity index (χ3n) is 3.65. The third-order valence-corrected chi connectivity index (χ3v) is 3.65. The van der Waals surface area contributed by atoms with Crippen molar-refractivity contribution in [3.05, 3.63) is 84.2 Å². The Kier molecular flexibility index (Phi) is 5.47. The van der Waals surface area contributed by atoms with E-state index in [9.17, 15) is 0 Å². The number of aryl methyl sites for hydroxylation is 1. The number of nitrogens with two attached hydrogens (primary N) is 1. The van der Waals surface area contributed by atoms with Crippen molar-refractivity contribution < 1.29 is 0 Å². The highest BCUT2D eigenvalue weighted by Crippen LogP contribution is 2.42. The van der Waals surface area contributed by atoms with Crippen LogP contribution in [0, 0.1) is 6.92 Å². The first-order chi connectivity index (χ1) is 11.2. The van der Waals surface area contributed by atoms with Crippen molar-refractivity contribution in [3.63, 3.8) is 0 Å². The molecular weight excluding hydrogens is 282 g/mol. The molecule has 2 aromatic rings. The number of hydrogen-bond donors (Lipinski definition) is 2. The summed E-state index contributed by atoms with van der Waals surface area (Å²) >= 11 is 0. The molecule has 1 aliphatic heterocycles. The van der Waals surface area contributed by atoms with Crippen LogP contribution in [0.4, 0.5) is 11.4 Å². The Bertz CT molecular complexity index is 689. The highest BCUT2D eigenvalue weighted by molar-refractivity contribution is 5.79. The van der Waals surface area contributed by atoms with Gasteiger partial charge in [-0.15, -0.1) is 0 Å². The second-order valence-corrected chi connectivity index (χ2v) is 5.18. The molecule has 3 rings (SSSR count). The van der Waals surface area contributed by atoms with E-state index < -0.39 is 0 Å². The maximum absolute atomic E-state index is 6.26. The fourth-order valence-electron chi connectivity index (χ4n) is 2.67. The molecule has 0 radical (unpaired) electrons. The van der Waals surface area contributed by atoms with Crippen LogP contribution >= 0.6 is 0 Å². The Balaban J connectivity index is 0.000000924. The van der Waals surface area contributed by atoms with Crippen LogP contribution in [0.3, 0.4) is 0 Å². The number of nitrogens with one attached hydrogen (secondary N) is 1. The molecular formula is C20H25N3. The molecule has 1 atom stereocenters. The summed E-state index contributed by atoms with van der Waals surface area (Å²) in [5.74, 6) is 0.677. The maximum Gasteiger partial charge on any atom is 0.131 e. The summed E-state index contributed by atoms with van der Waals surface area (Å²) in [6.07, 6.45) is 3.54. The van der Waals surface area contributed by atoms with Gasteiger partial charge in [0, 0.05) is 0 Å². The average Bonchev–Trinajstić information content (AvgIpc) is 2.96. The molecule has 0 saturated heterocycles. The quantitative estimate of drug-likeness (QED) is 0.789. The van der Waals surface area contributed by atoms with Crippen molar-refractivity contribution in [1.29, 1.82) is 0 Å². The van der Waals surface area contributed by atoms with Gasteiger partial charge in [0.15, 0.2) is 0 Å². The van der Waals surface area contributed by atoms with Crippen LogP contribution in [0.5, 0.6) is 0 Å². The molecule has 23 heavy (non-hydrogen) atoms. The van der Waals surface area contributed by atoms with Gasteiger partial charge in [-0.3, -0.25) is 0 Å². The van der Waals surface area contributed by atoms with Crippen LogP contribution in [-0.2, 0) is 0 Å². The molecule has 0 bridgehead atoms. The summed E-state index contributed by atoms with van der Waals surface area (Å²) in [4.78, 5) is 2.11. The van der Waals surface area contributed by atoms with E-state index in [2.05, 4.69) is 54.1 Å². The predicted molar refractivity (Wildman–Crippen MR) is 100 cm³/mol. The van der Waals surface area contributed by atoms with Crippen LogP contribution in [0.1, 0.15) is 31.1 Å². The fraction of sp³-hybridized carbons (Fsp3) is 0.200. The maximum atomic E-state index is 6.26. The molecule has 3 heteroatoms. The van der Waals surface area contributed by atoms with Gasteiger partial charge in [-0.05, 0) is 36.3 Å². The summed E-state index contributed by atoms with van der Waals surface area (Å²) in [5, 5.41) is 3.54. The molecule has 120 valence electrons. The highest BCUT2D eigenvalue weighted by atomic mass is 15.4. The van der Waals surface area contributed by atoms with E-state index in [0.717, 1.165) is 11.4 Å². The van der Waals surface area contributed by atoms with Gasteiger partial charge < -0.3 is 16.0 Å². The van der Waals surface area contributed by atoms with Crippen molar-refractivity contribution in [2.24, 2.45) is 5.73 Å². The molecule has 1 aliphatic rings. The number of hydrogen-bond acceptors (Lipinski definition) is 3. The minimum atomic E-state index is -0.000741. The molecule has 1 unspecified atom stereocenters. The monoisotopic (exact) mass is 307 g/mol. The minimum Gasteiger partial charge on any atom is -0.385 e. The van der Waals surface area contributed by atoms with E-state index in [-0.39, 0.29) is 6.17 Å². The Hall–Kier alpha value is -2.68. The topological polar surface area (TPSA) is 41.3 Å². The fourth-order valence-corrected chi connectivity index (χ4v) is 2.67. The van der Waals surface area contributed by atoms with Gasteiger partial charge >= 0.3 is 0 Å². The van der Waals surface area contributed by atoms with E-state index in [1.165, 1.54) is 11.1 Å². The molecule has 2 aromatic carbocycles. The Morgan fingerprint density at radius 1 is 1.17 bits per heavy atom. The van der Waals surface area contributed by atoms with Gasteiger partial charge in [0.1, 0.15) is 12.0 Å². The molecule has 1 heterocycles. The van der Waals surface area contributed by atoms with Gasteiger partial charge in [-0.2, -0.15) is 0 Å². The molecule has 0 aromatic heterocycles. The van der Waals surface area contributed by atoms with Gasteiger partial charge in [0.2, 0.25) is 0 Å². The predicted octanol–water partition coefficient (Wildman–Crippen LogP) is 4.94. The lowest BCUT2D eigenvalue weighted by atomic mass is 10.1. The number of anilines is 2. The molecule has 0 fully saturated rings. The van der Waals surface area contributed by atoms with Gasteiger partial charge in [0.25, 0.3) is 0 Å². The van der Waals surface area contributed by atoms with E-state index >= 15 is 0 Å². The SMILES string of the molecule is C=C/C=C(\N)N1c2cc(C)ccc2NC1c1ccccc1.CC. The molecule has 0 amide bonds. The zero-order valence-electron chi connectivity index (χ0n) is 14.1. The van der Waals surface area contributed by atoms with Crippen molar-refractivity contribution in [1.82, 2.24) is 0 Å². The summed E-state index contributed by atoms with van der Waals surface area (Å²) in [6, 6.07) is 16.6. The second-order valence-electron chi connectivity index (χ2n) is 5.18. The van der Waals surface area contributed by atoms with Gasteiger partial charge in [-0.25, -0.2) is 0 Å². The van der Waals surface area contributed by atoms with Crippen LogP contribution in [0.2, 0.25) is 0 Å². The van der Waals surface area contributed by atoms with E-state index in [0.29, 0.717) is 5.82 Å². The van der Waals surface area contributed by atoms with E-state index in [4.69, 9.17) is 5.73 Å². The lowest BCUT2D eigenvalue weighted by Gasteiger charge is -2.27. The zero-order valence-corrected chi connectivity index (χ0v) is 14.1. The Morgan fingerprint density at radius 2 is 1.87 bits per heavy atom. The largest absolute Gasteiger partial charge is 0.385 e. The smallest absolute Gasteiger partial charge is 0.131 e. The van der Waals surface area contributed by atoms with Crippen molar-refractivity contribution in [2.75, 3.05) is 10.2 Å². The summed E-state index contributed by atoms with van der Waals surface area (Å²) in [7, 11) is 0. The normalized spacial score (nSPS) is 16.0. The van der Waals surface area contributed by atoms with Crippen molar-refractivity contribution >= 4 is 11.4 Å².